The molecule has 0 radical (unpaired) electrons. The number of anilines is 1. The fourth-order valence-corrected chi connectivity index (χ4v) is 2.51. The van der Waals surface area contributed by atoms with E-state index in [0.29, 0.717) is 16.7 Å². The molecule has 1 amide bonds. The maximum absolute atomic E-state index is 11.6. The molecule has 2 heterocycles. The van der Waals surface area contributed by atoms with E-state index in [2.05, 4.69) is 15.5 Å². The number of aromatic nitrogens is 2. The predicted molar refractivity (Wildman–Crippen MR) is 64.5 cm³/mol. The molecule has 0 spiro atoms. The molecular weight excluding hydrogens is 244 g/mol. The summed E-state index contributed by atoms with van der Waals surface area (Å²) in [6, 6.07) is 4.02. The first-order valence-electron chi connectivity index (χ1n) is 4.57. The Balaban J connectivity index is 1.93. The number of nitrogens with two attached hydrogens (primary N) is 1. The quantitative estimate of drug-likeness (QED) is 0.868. The van der Waals surface area contributed by atoms with Crippen LogP contribution in [0.4, 0.5) is 5.13 Å². The third-order valence-electron chi connectivity index (χ3n) is 1.85. The Labute approximate surface area is 100 Å². The highest BCUT2D eigenvalue weighted by Crippen LogP contribution is 2.15. The Bertz CT molecular complexity index is 505. The van der Waals surface area contributed by atoms with Gasteiger partial charge in [-0.3, -0.25) is 4.79 Å². The molecule has 0 aromatic carbocycles. The summed E-state index contributed by atoms with van der Waals surface area (Å²) in [6.07, 6.45) is 0. The number of aryl methyl sites for hydroxylation is 1. The zero-order valence-electron chi connectivity index (χ0n) is 8.56. The summed E-state index contributed by atoms with van der Waals surface area (Å²) < 4.78 is 0. The summed E-state index contributed by atoms with van der Waals surface area (Å²) in [5, 5.41) is 10.6. The van der Waals surface area contributed by atoms with Crippen LogP contribution in [-0.4, -0.2) is 16.1 Å². The SMILES string of the molecule is Cc1ccc(CNC(=O)c2nnc(N)s2)s1. The number of hydrogen-bond donors (Lipinski definition) is 2. The molecule has 3 N–H and O–H groups in total. The van der Waals surface area contributed by atoms with Crippen LogP contribution in [0.2, 0.25) is 0 Å². The van der Waals surface area contributed by atoms with Crippen molar-refractivity contribution in [2.45, 2.75) is 13.5 Å². The third-order valence-corrected chi connectivity index (χ3v) is 3.61. The second-order valence-corrected chi connectivity index (χ2v) is 5.52. The lowest BCUT2D eigenvalue weighted by atomic mass is 10.4. The monoisotopic (exact) mass is 254 g/mol. The van der Waals surface area contributed by atoms with Crippen LogP contribution < -0.4 is 11.1 Å². The van der Waals surface area contributed by atoms with E-state index in [9.17, 15) is 4.79 Å². The van der Waals surface area contributed by atoms with Crippen LogP contribution in [0.1, 0.15) is 19.6 Å². The Morgan fingerprint density at radius 3 is 2.81 bits per heavy atom. The zero-order chi connectivity index (χ0) is 11.5. The molecule has 0 saturated carbocycles. The van der Waals surface area contributed by atoms with Gasteiger partial charge < -0.3 is 11.1 Å². The van der Waals surface area contributed by atoms with Crippen LogP contribution in [0, 0.1) is 6.92 Å². The van der Waals surface area contributed by atoms with E-state index in [-0.39, 0.29) is 5.91 Å². The van der Waals surface area contributed by atoms with Crippen molar-refractivity contribution in [3.63, 3.8) is 0 Å². The van der Waals surface area contributed by atoms with Gasteiger partial charge in [-0.15, -0.1) is 21.5 Å². The van der Waals surface area contributed by atoms with Gasteiger partial charge in [0, 0.05) is 9.75 Å². The van der Waals surface area contributed by atoms with Crippen molar-refractivity contribution in [2.24, 2.45) is 0 Å². The molecule has 5 nitrogen and oxygen atoms in total. The summed E-state index contributed by atoms with van der Waals surface area (Å²) in [6.45, 7) is 2.54. The van der Waals surface area contributed by atoms with Gasteiger partial charge in [0.05, 0.1) is 6.54 Å². The van der Waals surface area contributed by atoms with Crippen LogP contribution in [0.15, 0.2) is 12.1 Å². The molecule has 0 atom stereocenters. The lowest BCUT2D eigenvalue weighted by molar-refractivity contribution is 0.0950. The van der Waals surface area contributed by atoms with Crippen LogP contribution in [0.25, 0.3) is 0 Å². The van der Waals surface area contributed by atoms with E-state index in [1.54, 1.807) is 11.3 Å². The van der Waals surface area contributed by atoms with E-state index in [4.69, 9.17) is 5.73 Å². The second kappa shape index (κ2) is 4.58. The van der Waals surface area contributed by atoms with Gasteiger partial charge >= 0.3 is 0 Å². The Hall–Kier alpha value is -1.47. The molecule has 2 aromatic rings. The van der Waals surface area contributed by atoms with Gasteiger partial charge in [-0.05, 0) is 19.1 Å². The van der Waals surface area contributed by atoms with Gasteiger partial charge in [-0.1, -0.05) is 11.3 Å². The Kier molecular flexibility index (Phi) is 3.16. The van der Waals surface area contributed by atoms with Crippen molar-refractivity contribution in [1.82, 2.24) is 15.5 Å². The van der Waals surface area contributed by atoms with Crippen LogP contribution >= 0.6 is 22.7 Å². The highest BCUT2D eigenvalue weighted by molar-refractivity contribution is 7.16. The number of hydrogen-bond acceptors (Lipinski definition) is 6. The molecule has 0 fully saturated rings. The van der Waals surface area contributed by atoms with Gasteiger partial charge in [0.25, 0.3) is 5.91 Å². The molecule has 7 heteroatoms. The number of thiophene rings is 1. The first-order valence-corrected chi connectivity index (χ1v) is 6.21. The minimum Gasteiger partial charge on any atom is -0.374 e. The van der Waals surface area contributed by atoms with Crippen LogP contribution in [-0.2, 0) is 6.54 Å². The molecule has 0 aliphatic heterocycles. The number of rotatable bonds is 3. The lowest BCUT2D eigenvalue weighted by Gasteiger charge is -1.98. The normalized spacial score (nSPS) is 10.3. The number of nitrogens with one attached hydrogen (secondary N) is 1. The first-order chi connectivity index (χ1) is 7.65. The number of carbonyl (C=O) groups is 1. The maximum atomic E-state index is 11.6. The van der Waals surface area contributed by atoms with Gasteiger partial charge in [-0.25, -0.2) is 0 Å². The molecule has 0 aliphatic rings. The summed E-state index contributed by atoms with van der Waals surface area (Å²) in [5.74, 6) is -0.236. The fourth-order valence-electron chi connectivity index (χ4n) is 1.15. The van der Waals surface area contributed by atoms with E-state index in [1.165, 1.54) is 4.88 Å². The van der Waals surface area contributed by atoms with E-state index in [1.807, 2.05) is 19.1 Å². The van der Waals surface area contributed by atoms with Gasteiger partial charge in [-0.2, -0.15) is 0 Å². The molecule has 0 unspecified atom stereocenters. The summed E-state index contributed by atoms with van der Waals surface area (Å²) in [7, 11) is 0. The van der Waals surface area contributed by atoms with Crippen LogP contribution in [0.3, 0.4) is 0 Å². The molecule has 0 bridgehead atoms. The largest absolute Gasteiger partial charge is 0.374 e. The fraction of sp³-hybridized carbons (Fsp3) is 0.222. The van der Waals surface area contributed by atoms with Gasteiger partial charge in [0.15, 0.2) is 0 Å². The Morgan fingerprint density at radius 1 is 1.44 bits per heavy atom. The van der Waals surface area contributed by atoms with Crippen molar-refractivity contribution in [2.75, 3.05) is 5.73 Å². The molecule has 2 rings (SSSR count). The minimum absolute atomic E-state index is 0.236. The van der Waals surface area contributed by atoms with Crippen molar-refractivity contribution in [3.05, 3.63) is 26.9 Å². The standard InChI is InChI=1S/C9H10N4OS2/c1-5-2-3-6(15-5)4-11-7(14)8-12-13-9(10)16-8/h2-3H,4H2,1H3,(H2,10,13)(H,11,14). The second-order valence-electron chi connectivity index (χ2n) is 3.14. The molecular formula is C9H10N4OS2. The third kappa shape index (κ3) is 2.56. The smallest absolute Gasteiger partial charge is 0.282 e. The highest BCUT2D eigenvalue weighted by Gasteiger charge is 2.11. The number of carbonyl (C=O) groups excluding carboxylic acids is 1. The predicted octanol–water partition coefficient (Wildman–Crippen LogP) is 1.42. The average molecular weight is 254 g/mol. The number of nitrogens with zero attached hydrogens (tertiary/aromatic N) is 2. The molecule has 0 saturated heterocycles. The first kappa shape index (κ1) is 11.0. The van der Waals surface area contributed by atoms with E-state index in [0.717, 1.165) is 16.2 Å². The van der Waals surface area contributed by atoms with E-state index >= 15 is 0 Å². The summed E-state index contributed by atoms with van der Waals surface area (Å²) in [5.41, 5.74) is 5.39. The highest BCUT2D eigenvalue weighted by atomic mass is 32.1. The topological polar surface area (TPSA) is 80.9 Å². The minimum atomic E-state index is -0.236. The Morgan fingerprint density at radius 2 is 2.25 bits per heavy atom. The summed E-state index contributed by atoms with van der Waals surface area (Å²) >= 11 is 2.74. The summed E-state index contributed by atoms with van der Waals surface area (Å²) in [4.78, 5) is 13.9. The molecule has 84 valence electrons. The van der Waals surface area contributed by atoms with Crippen LogP contribution in [0.5, 0.6) is 0 Å². The molecule has 16 heavy (non-hydrogen) atoms. The maximum Gasteiger partial charge on any atom is 0.282 e. The van der Waals surface area contributed by atoms with E-state index < -0.39 is 0 Å². The number of amides is 1. The van der Waals surface area contributed by atoms with Crippen molar-refractivity contribution >= 4 is 33.7 Å². The average Bonchev–Trinajstić information content (AvgIpc) is 2.84. The van der Waals surface area contributed by atoms with Crippen molar-refractivity contribution in [1.29, 1.82) is 0 Å². The van der Waals surface area contributed by atoms with Crippen molar-refractivity contribution < 1.29 is 4.79 Å². The van der Waals surface area contributed by atoms with Crippen molar-refractivity contribution in [3.8, 4) is 0 Å². The lowest BCUT2D eigenvalue weighted by Crippen LogP contribution is -2.22. The number of nitrogen functional groups attached to an aromatic ring is 1. The zero-order valence-corrected chi connectivity index (χ0v) is 10.2. The molecule has 0 aliphatic carbocycles. The molecule has 2 aromatic heterocycles. The van der Waals surface area contributed by atoms with Gasteiger partial charge in [0.1, 0.15) is 0 Å². The van der Waals surface area contributed by atoms with Gasteiger partial charge in [0.2, 0.25) is 10.1 Å².